The molecule has 0 radical (unpaired) electrons. The molecule has 0 aliphatic heterocycles. The maximum absolute atomic E-state index is 10.7. The second kappa shape index (κ2) is 4.39. The molecule has 0 bridgehead atoms. The van der Waals surface area contributed by atoms with Crippen molar-refractivity contribution in [1.29, 1.82) is 0 Å². The molecule has 1 fully saturated rings. The van der Waals surface area contributed by atoms with E-state index in [2.05, 4.69) is 4.72 Å². The molecule has 5 heteroatoms. The van der Waals surface area contributed by atoms with Crippen molar-refractivity contribution in [2.75, 3.05) is 12.8 Å². The van der Waals surface area contributed by atoms with Crippen LogP contribution in [0.5, 0.6) is 0 Å². The van der Waals surface area contributed by atoms with Gasteiger partial charge in [0.15, 0.2) is 0 Å². The monoisotopic (exact) mass is 207 g/mol. The van der Waals surface area contributed by atoms with Crippen molar-refractivity contribution in [3.8, 4) is 0 Å². The molecule has 0 heterocycles. The summed E-state index contributed by atoms with van der Waals surface area (Å²) < 4.78 is 23.8. The summed E-state index contributed by atoms with van der Waals surface area (Å²) in [6.45, 7) is 0.156. The molecule has 1 saturated carbocycles. The minimum Gasteiger partial charge on any atom is -0.391 e. The van der Waals surface area contributed by atoms with Gasteiger partial charge in [-0.15, -0.1) is 0 Å². The normalized spacial score (nSPS) is 22.0. The van der Waals surface area contributed by atoms with Crippen LogP contribution in [0.3, 0.4) is 0 Å². The summed E-state index contributed by atoms with van der Waals surface area (Å²) in [5.41, 5.74) is 0. The predicted molar refractivity (Wildman–Crippen MR) is 50.8 cm³/mol. The van der Waals surface area contributed by atoms with E-state index in [0.717, 1.165) is 31.9 Å². The van der Waals surface area contributed by atoms with Gasteiger partial charge in [0, 0.05) is 6.54 Å². The highest BCUT2D eigenvalue weighted by Crippen LogP contribution is 2.27. The van der Waals surface area contributed by atoms with Gasteiger partial charge in [0.25, 0.3) is 0 Å². The summed E-state index contributed by atoms with van der Waals surface area (Å²) in [5, 5.41) is 9.59. The zero-order valence-corrected chi connectivity index (χ0v) is 8.68. The summed E-state index contributed by atoms with van der Waals surface area (Å²) in [4.78, 5) is 0. The lowest BCUT2D eigenvalue weighted by molar-refractivity contribution is 0.115. The number of nitrogens with one attached hydrogen (secondary N) is 1. The molecule has 13 heavy (non-hydrogen) atoms. The summed E-state index contributed by atoms with van der Waals surface area (Å²) in [5.74, 6) is 0.286. The quantitative estimate of drug-likeness (QED) is 0.686. The van der Waals surface area contributed by atoms with Crippen LogP contribution >= 0.6 is 0 Å². The van der Waals surface area contributed by atoms with Crippen molar-refractivity contribution < 1.29 is 13.5 Å². The summed E-state index contributed by atoms with van der Waals surface area (Å²) in [6.07, 6.45) is 4.94. The first kappa shape index (κ1) is 10.9. The molecule has 0 amide bonds. The van der Waals surface area contributed by atoms with Gasteiger partial charge in [-0.25, -0.2) is 13.1 Å². The smallest absolute Gasteiger partial charge is 0.208 e. The van der Waals surface area contributed by atoms with Gasteiger partial charge in [-0.1, -0.05) is 12.8 Å². The van der Waals surface area contributed by atoms with Crippen LogP contribution in [0.15, 0.2) is 0 Å². The van der Waals surface area contributed by atoms with Gasteiger partial charge in [0.1, 0.15) is 0 Å². The molecule has 1 aliphatic rings. The lowest BCUT2D eigenvalue weighted by atomic mass is 10.0. The van der Waals surface area contributed by atoms with Crippen LogP contribution in [0.2, 0.25) is 0 Å². The minimum absolute atomic E-state index is 0.156. The first-order valence-corrected chi connectivity index (χ1v) is 6.51. The number of sulfonamides is 1. The number of hydrogen-bond acceptors (Lipinski definition) is 3. The van der Waals surface area contributed by atoms with Gasteiger partial charge in [0.05, 0.1) is 12.4 Å². The summed E-state index contributed by atoms with van der Waals surface area (Å²) in [6, 6.07) is 0. The summed E-state index contributed by atoms with van der Waals surface area (Å²) in [7, 11) is -3.16. The van der Waals surface area contributed by atoms with E-state index in [1.165, 1.54) is 0 Å². The molecule has 1 atom stereocenters. The molecule has 0 saturated heterocycles. The number of aliphatic hydroxyl groups excluding tert-OH is 1. The Balaban J connectivity index is 2.28. The second-order valence-corrected chi connectivity index (χ2v) is 5.57. The molecule has 0 aromatic carbocycles. The van der Waals surface area contributed by atoms with E-state index in [1.807, 2.05) is 0 Å². The zero-order valence-electron chi connectivity index (χ0n) is 7.86. The van der Waals surface area contributed by atoms with Crippen LogP contribution in [-0.4, -0.2) is 32.4 Å². The van der Waals surface area contributed by atoms with Crippen LogP contribution in [0.25, 0.3) is 0 Å². The van der Waals surface area contributed by atoms with E-state index < -0.39 is 16.1 Å². The van der Waals surface area contributed by atoms with Gasteiger partial charge in [0.2, 0.25) is 10.0 Å². The van der Waals surface area contributed by atoms with Crippen LogP contribution < -0.4 is 4.72 Å². The van der Waals surface area contributed by atoms with Crippen LogP contribution in [-0.2, 0) is 10.0 Å². The Bertz CT molecular complexity index is 244. The Morgan fingerprint density at radius 3 is 2.46 bits per heavy atom. The van der Waals surface area contributed by atoms with Crippen molar-refractivity contribution in [2.24, 2.45) is 5.92 Å². The number of rotatable bonds is 4. The van der Waals surface area contributed by atoms with E-state index in [9.17, 15) is 13.5 Å². The average Bonchev–Trinajstić information content (AvgIpc) is 2.50. The molecular formula is C8H17NO3S. The lowest BCUT2D eigenvalue weighted by Crippen LogP contribution is -2.34. The van der Waals surface area contributed by atoms with Gasteiger partial charge < -0.3 is 5.11 Å². The van der Waals surface area contributed by atoms with Crippen molar-refractivity contribution in [2.45, 2.75) is 31.8 Å². The highest BCUT2D eigenvalue weighted by molar-refractivity contribution is 7.88. The van der Waals surface area contributed by atoms with Crippen LogP contribution in [0, 0.1) is 5.92 Å². The second-order valence-electron chi connectivity index (χ2n) is 3.73. The van der Waals surface area contributed by atoms with Gasteiger partial charge in [-0.05, 0) is 18.8 Å². The standard InChI is InChI=1S/C8H17NO3S/c1-13(11,12)9-6-8(10)7-4-2-3-5-7/h7-10H,2-6H2,1H3. The van der Waals surface area contributed by atoms with Crippen molar-refractivity contribution in [3.63, 3.8) is 0 Å². The Kier molecular flexibility index (Phi) is 3.70. The van der Waals surface area contributed by atoms with E-state index >= 15 is 0 Å². The number of hydrogen-bond donors (Lipinski definition) is 2. The fraction of sp³-hybridized carbons (Fsp3) is 1.00. The summed E-state index contributed by atoms with van der Waals surface area (Å²) >= 11 is 0. The van der Waals surface area contributed by atoms with Crippen molar-refractivity contribution >= 4 is 10.0 Å². The molecule has 2 N–H and O–H groups in total. The fourth-order valence-electron chi connectivity index (χ4n) is 1.75. The molecular weight excluding hydrogens is 190 g/mol. The third kappa shape index (κ3) is 4.06. The predicted octanol–water partition coefficient (Wildman–Crippen LogP) is 0.0867. The first-order chi connectivity index (χ1) is 5.99. The van der Waals surface area contributed by atoms with E-state index in [1.54, 1.807) is 0 Å². The fourth-order valence-corrected chi connectivity index (χ4v) is 2.22. The van der Waals surface area contributed by atoms with Crippen molar-refractivity contribution in [1.82, 2.24) is 4.72 Å². The molecule has 0 spiro atoms. The van der Waals surface area contributed by atoms with Crippen molar-refractivity contribution in [3.05, 3.63) is 0 Å². The highest BCUT2D eigenvalue weighted by Gasteiger charge is 2.23. The molecule has 78 valence electrons. The van der Waals surface area contributed by atoms with E-state index in [-0.39, 0.29) is 12.5 Å². The Morgan fingerprint density at radius 1 is 1.46 bits per heavy atom. The first-order valence-electron chi connectivity index (χ1n) is 4.62. The maximum Gasteiger partial charge on any atom is 0.208 e. The molecule has 1 unspecified atom stereocenters. The zero-order chi connectivity index (χ0) is 9.90. The highest BCUT2D eigenvalue weighted by atomic mass is 32.2. The Labute approximate surface area is 79.4 Å². The maximum atomic E-state index is 10.7. The van der Waals surface area contributed by atoms with Crippen LogP contribution in [0.1, 0.15) is 25.7 Å². The van der Waals surface area contributed by atoms with Gasteiger partial charge in [-0.3, -0.25) is 0 Å². The Hall–Kier alpha value is -0.130. The molecule has 1 aliphatic carbocycles. The van der Waals surface area contributed by atoms with Gasteiger partial charge in [-0.2, -0.15) is 0 Å². The average molecular weight is 207 g/mol. The lowest BCUT2D eigenvalue weighted by Gasteiger charge is -2.17. The third-order valence-corrected chi connectivity index (χ3v) is 3.19. The third-order valence-electron chi connectivity index (χ3n) is 2.50. The molecule has 1 rings (SSSR count). The van der Waals surface area contributed by atoms with Gasteiger partial charge >= 0.3 is 0 Å². The largest absolute Gasteiger partial charge is 0.391 e. The Morgan fingerprint density at radius 2 is 2.00 bits per heavy atom. The van der Waals surface area contributed by atoms with E-state index in [0.29, 0.717) is 0 Å². The minimum atomic E-state index is -3.16. The molecule has 0 aromatic rings. The molecule has 4 nitrogen and oxygen atoms in total. The number of aliphatic hydroxyl groups is 1. The van der Waals surface area contributed by atoms with Crippen LogP contribution in [0.4, 0.5) is 0 Å². The topological polar surface area (TPSA) is 66.4 Å². The van der Waals surface area contributed by atoms with E-state index in [4.69, 9.17) is 0 Å². The SMILES string of the molecule is CS(=O)(=O)NCC(O)C1CCCC1. The molecule has 0 aromatic heterocycles.